The van der Waals surface area contributed by atoms with Crippen LogP contribution in [-0.2, 0) is 0 Å². The molecule has 0 aliphatic carbocycles. The molecule has 0 unspecified atom stereocenters. The molecule has 0 radical (unpaired) electrons. The van der Waals surface area contributed by atoms with E-state index in [-0.39, 0.29) is 0 Å². The molecule has 0 spiro atoms. The molecule has 0 amide bonds. The van der Waals surface area contributed by atoms with E-state index in [1.54, 1.807) is 6.07 Å². The minimum Gasteiger partial charge on any atom is -0.423 e. The summed E-state index contributed by atoms with van der Waals surface area (Å²) in [6.07, 6.45) is 0. The second-order valence-electron chi connectivity index (χ2n) is 6.10. The lowest BCUT2D eigenvalue weighted by molar-refractivity contribution is 0.427. The first-order chi connectivity index (χ1) is 8.65. The Bertz CT molecular complexity index is 411. The molecule has 0 atom stereocenters. The molecule has 1 rings (SSSR count). The van der Waals surface area contributed by atoms with Crippen LogP contribution in [0.25, 0.3) is 0 Å². The Morgan fingerprint density at radius 3 is 1.74 bits per heavy atom. The van der Waals surface area contributed by atoms with Gasteiger partial charge in [-0.1, -0.05) is 53.1 Å². The summed E-state index contributed by atoms with van der Waals surface area (Å²) in [6.45, 7) is 13.7. The van der Waals surface area contributed by atoms with Crippen molar-refractivity contribution in [3.63, 3.8) is 0 Å². The van der Waals surface area contributed by atoms with Crippen molar-refractivity contribution in [2.45, 2.75) is 58.2 Å². The third-order valence-corrected chi connectivity index (χ3v) is 13.9. The topological polar surface area (TPSA) is 40.5 Å². The number of thiophene rings is 1. The summed E-state index contributed by atoms with van der Waals surface area (Å²) in [5, 5.41) is 19.4. The van der Waals surface area contributed by atoms with Crippen molar-refractivity contribution in [2.75, 3.05) is 0 Å². The predicted octanol–water partition coefficient (Wildman–Crippen LogP) is 2.97. The van der Waals surface area contributed by atoms with Crippen LogP contribution in [0.5, 0.6) is 0 Å². The summed E-state index contributed by atoms with van der Waals surface area (Å²) < 4.78 is 1.77. The zero-order chi connectivity index (χ0) is 15.0. The average Bonchev–Trinajstić information content (AvgIpc) is 2.60. The maximum Gasteiger partial charge on any atom is 0.499 e. The van der Waals surface area contributed by atoms with Crippen LogP contribution < -0.4 is 9.28 Å². The average molecular weight is 319 g/mol. The SMILES string of the molecule is CC(C)[Si](c1sc(B(O)O)cc1Cl)(C(C)C)C(C)C. The highest BCUT2D eigenvalue weighted by Crippen LogP contribution is 2.43. The van der Waals surface area contributed by atoms with Crippen molar-refractivity contribution in [3.05, 3.63) is 11.1 Å². The maximum absolute atomic E-state index is 9.37. The van der Waals surface area contributed by atoms with E-state index in [2.05, 4.69) is 41.5 Å². The predicted molar refractivity (Wildman–Crippen MR) is 89.8 cm³/mol. The molecule has 1 heterocycles. The van der Waals surface area contributed by atoms with Gasteiger partial charge in [-0.15, -0.1) is 0 Å². The second-order valence-corrected chi connectivity index (χ2v) is 13.8. The molecule has 2 N–H and O–H groups in total. The molecule has 0 aliphatic rings. The Balaban J connectivity index is 3.49. The van der Waals surface area contributed by atoms with Crippen LogP contribution in [-0.4, -0.2) is 25.2 Å². The van der Waals surface area contributed by atoms with Gasteiger partial charge in [0.2, 0.25) is 0 Å². The summed E-state index contributed by atoms with van der Waals surface area (Å²) in [6, 6.07) is 1.72. The first kappa shape index (κ1) is 17.2. The van der Waals surface area contributed by atoms with Crippen molar-refractivity contribution >= 4 is 47.4 Å². The zero-order valence-corrected chi connectivity index (χ0v) is 15.1. The fourth-order valence-corrected chi connectivity index (χ4v) is 14.3. The molecule has 0 aliphatic heterocycles. The number of halogens is 1. The molecule has 0 saturated carbocycles. The molecule has 1 aromatic rings. The van der Waals surface area contributed by atoms with Crippen LogP contribution >= 0.6 is 22.9 Å². The first-order valence-electron chi connectivity index (χ1n) is 6.81. The van der Waals surface area contributed by atoms with Gasteiger partial charge in [0.1, 0.15) is 8.07 Å². The number of hydrogen-bond acceptors (Lipinski definition) is 3. The lowest BCUT2D eigenvalue weighted by Gasteiger charge is -2.42. The Morgan fingerprint density at radius 1 is 1.05 bits per heavy atom. The summed E-state index contributed by atoms with van der Waals surface area (Å²) in [5.74, 6) is 0. The van der Waals surface area contributed by atoms with Gasteiger partial charge in [0.15, 0.2) is 0 Å². The molecular weight excluding hydrogens is 295 g/mol. The van der Waals surface area contributed by atoms with Gasteiger partial charge >= 0.3 is 7.12 Å². The first-order valence-corrected chi connectivity index (χ1v) is 10.2. The molecule has 0 aromatic carbocycles. The van der Waals surface area contributed by atoms with Crippen LogP contribution in [0.15, 0.2) is 6.07 Å². The lowest BCUT2D eigenvalue weighted by atomic mass is 9.90. The third kappa shape index (κ3) is 2.95. The molecule has 108 valence electrons. The van der Waals surface area contributed by atoms with Crippen molar-refractivity contribution in [3.8, 4) is 0 Å². The fraction of sp³-hybridized carbons (Fsp3) is 0.692. The van der Waals surface area contributed by atoms with Crippen molar-refractivity contribution < 1.29 is 10.0 Å². The van der Waals surface area contributed by atoms with Gasteiger partial charge in [0, 0.05) is 14.3 Å². The van der Waals surface area contributed by atoms with E-state index < -0.39 is 15.2 Å². The minimum atomic E-state index is -1.81. The van der Waals surface area contributed by atoms with Gasteiger partial charge < -0.3 is 10.0 Å². The number of hydrogen-bond donors (Lipinski definition) is 2. The highest BCUT2D eigenvalue weighted by atomic mass is 35.5. The lowest BCUT2D eigenvalue weighted by Crippen LogP contribution is -2.54. The van der Waals surface area contributed by atoms with E-state index in [4.69, 9.17) is 11.6 Å². The standard InChI is InChI=1S/C13H24BClO2SSi/c1-8(2)19(9(3)4,10(5)6)13-11(15)7-12(18-13)14(16)17/h7-10,16-17H,1-6H3. The summed E-state index contributed by atoms with van der Waals surface area (Å²) in [5.41, 5.74) is 1.69. The highest BCUT2D eigenvalue weighted by Gasteiger charge is 2.47. The highest BCUT2D eigenvalue weighted by molar-refractivity contribution is 7.34. The molecule has 0 fully saturated rings. The van der Waals surface area contributed by atoms with Crippen molar-refractivity contribution in [1.82, 2.24) is 0 Å². The number of rotatable bonds is 5. The van der Waals surface area contributed by atoms with E-state index in [0.29, 0.717) is 21.4 Å². The van der Waals surface area contributed by atoms with Crippen molar-refractivity contribution in [1.29, 1.82) is 0 Å². The Kier molecular flexibility index (Phi) is 5.73. The molecule has 0 saturated heterocycles. The molecule has 19 heavy (non-hydrogen) atoms. The Labute approximate surface area is 127 Å². The summed E-state index contributed by atoms with van der Waals surface area (Å²) in [4.78, 5) is 0. The quantitative estimate of drug-likeness (QED) is 0.819. The van der Waals surface area contributed by atoms with Gasteiger partial charge in [-0.05, 0) is 22.7 Å². The van der Waals surface area contributed by atoms with E-state index in [1.807, 2.05) is 0 Å². The summed E-state index contributed by atoms with van der Waals surface area (Å²) >= 11 is 7.92. The van der Waals surface area contributed by atoms with E-state index in [9.17, 15) is 10.0 Å². The van der Waals surface area contributed by atoms with Gasteiger partial charge in [-0.25, -0.2) is 0 Å². The van der Waals surface area contributed by atoms with E-state index in [0.717, 1.165) is 5.02 Å². The van der Waals surface area contributed by atoms with Crippen LogP contribution in [0.1, 0.15) is 41.5 Å². The van der Waals surface area contributed by atoms with E-state index in [1.165, 1.54) is 15.8 Å². The van der Waals surface area contributed by atoms with Crippen LogP contribution in [0.4, 0.5) is 0 Å². The molecule has 6 heteroatoms. The van der Waals surface area contributed by atoms with Crippen LogP contribution in [0.2, 0.25) is 21.6 Å². The third-order valence-electron chi connectivity index (χ3n) is 4.22. The zero-order valence-electron chi connectivity index (χ0n) is 12.6. The normalized spacial score (nSPS) is 12.8. The Hall–Kier alpha value is 0.192. The van der Waals surface area contributed by atoms with Gasteiger partial charge in [-0.3, -0.25) is 0 Å². The largest absolute Gasteiger partial charge is 0.499 e. The van der Waals surface area contributed by atoms with Crippen molar-refractivity contribution in [2.24, 2.45) is 0 Å². The van der Waals surface area contributed by atoms with Gasteiger partial charge in [0.25, 0.3) is 0 Å². The molecule has 1 aromatic heterocycles. The molecular formula is C13H24BClO2SSi. The monoisotopic (exact) mass is 318 g/mol. The van der Waals surface area contributed by atoms with Gasteiger partial charge in [0.05, 0.1) is 0 Å². The van der Waals surface area contributed by atoms with Gasteiger partial charge in [-0.2, -0.15) is 11.3 Å². The smallest absolute Gasteiger partial charge is 0.423 e. The Morgan fingerprint density at radius 2 is 1.47 bits per heavy atom. The minimum absolute atomic E-state index is 0.554. The van der Waals surface area contributed by atoms with Crippen LogP contribution in [0, 0.1) is 0 Å². The fourth-order valence-electron chi connectivity index (χ4n) is 3.60. The maximum atomic E-state index is 9.37. The summed E-state index contributed by atoms with van der Waals surface area (Å²) in [7, 11) is -3.23. The van der Waals surface area contributed by atoms with E-state index >= 15 is 0 Å². The second kappa shape index (κ2) is 6.31. The van der Waals surface area contributed by atoms with Crippen LogP contribution in [0.3, 0.4) is 0 Å². The molecule has 0 bridgehead atoms. The molecule has 2 nitrogen and oxygen atoms in total.